The molecule has 9 heavy (non-hydrogen) atoms. The van der Waals surface area contributed by atoms with Crippen molar-refractivity contribution < 1.29 is 0 Å². The van der Waals surface area contributed by atoms with Crippen molar-refractivity contribution in [1.82, 2.24) is 0 Å². The first-order chi connectivity index (χ1) is 4.43. The normalized spacial score (nSPS) is 8.78. The van der Waals surface area contributed by atoms with Crippen LogP contribution >= 0.6 is 0 Å². The van der Waals surface area contributed by atoms with Gasteiger partial charge in [0.25, 0.3) is 0 Å². The summed E-state index contributed by atoms with van der Waals surface area (Å²) in [5.74, 6) is 0. The maximum absolute atomic E-state index is 8.24. The Labute approximate surface area is 60.7 Å². The average molecular weight is 184 g/mol. The fourth-order valence-corrected chi connectivity index (χ4v) is 2.12. The van der Waals surface area contributed by atoms with Crippen molar-refractivity contribution in [2.75, 3.05) is 0 Å². The van der Waals surface area contributed by atoms with Gasteiger partial charge in [0.15, 0.2) is 0 Å². The quantitative estimate of drug-likeness (QED) is 0.633. The van der Waals surface area contributed by atoms with Gasteiger partial charge < -0.3 is 0 Å². The molecule has 0 radical (unpaired) electrons. The van der Waals surface area contributed by atoms with Crippen molar-refractivity contribution in [3.63, 3.8) is 0 Å². The Kier molecular flexibility index (Phi) is 2.57. The van der Waals surface area contributed by atoms with E-state index in [0.29, 0.717) is 20.9 Å². The summed E-state index contributed by atoms with van der Waals surface area (Å²) < 4.78 is 1.45. The molecule has 46 valence electrons. The molecule has 0 spiro atoms. The summed E-state index contributed by atoms with van der Waals surface area (Å²) in [6.07, 6.45) is 1.65. The van der Waals surface area contributed by atoms with Crippen molar-refractivity contribution >= 4 is 14.5 Å². The second kappa shape index (κ2) is 3.50. The molecule has 1 heterocycles. The number of nitriles is 1. The van der Waals surface area contributed by atoms with E-state index in [1.54, 1.807) is 0 Å². The Hall–Kier alpha value is -0.511. The van der Waals surface area contributed by atoms with Crippen LogP contribution in [0.1, 0.15) is 10.9 Å². The van der Waals surface area contributed by atoms with Gasteiger partial charge in [-0.25, -0.2) is 0 Å². The zero-order valence-corrected chi connectivity index (χ0v) is 6.71. The Balaban J connectivity index is 2.41. The number of aryl methyl sites for hydroxylation is 1. The molecule has 0 atom stereocenters. The second-order valence-electron chi connectivity index (χ2n) is 1.74. The summed E-state index contributed by atoms with van der Waals surface area (Å²) >= 11 is 0.566. The molecule has 0 bridgehead atoms. The monoisotopic (exact) mass is 185 g/mol. The summed E-state index contributed by atoms with van der Waals surface area (Å²) in [6.45, 7) is 0. The molecule has 0 saturated heterocycles. The van der Waals surface area contributed by atoms with E-state index in [0.717, 1.165) is 6.42 Å². The van der Waals surface area contributed by atoms with Gasteiger partial charge in [0.05, 0.1) is 0 Å². The van der Waals surface area contributed by atoms with E-state index in [2.05, 4.69) is 23.1 Å². The molecular weight excluding hydrogens is 177 g/mol. The minimum absolute atomic E-state index is 0.566. The van der Waals surface area contributed by atoms with Crippen molar-refractivity contribution in [1.29, 1.82) is 5.26 Å². The predicted molar refractivity (Wildman–Crippen MR) is 37.3 cm³/mol. The van der Waals surface area contributed by atoms with Gasteiger partial charge in [-0.15, -0.1) is 0 Å². The van der Waals surface area contributed by atoms with Crippen molar-refractivity contribution in [3.8, 4) is 6.07 Å². The molecule has 1 rings (SSSR count). The average Bonchev–Trinajstić information content (AvgIpc) is 2.34. The Morgan fingerprint density at radius 3 is 3.11 bits per heavy atom. The van der Waals surface area contributed by atoms with Gasteiger partial charge >= 0.3 is 60.2 Å². The van der Waals surface area contributed by atoms with Gasteiger partial charge in [0, 0.05) is 0 Å². The van der Waals surface area contributed by atoms with Crippen LogP contribution < -0.4 is 0 Å². The standard InChI is InChI=1S/C7H7NSe/c8-5-1-3-7-4-2-6-9-7/h2,4,6H,1,3H2. The SMILES string of the molecule is N#CCCc1ccc[se]1. The van der Waals surface area contributed by atoms with Gasteiger partial charge in [0.1, 0.15) is 0 Å². The minimum atomic E-state index is 0.566. The molecule has 1 aromatic rings. The first-order valence-electron chi connectivity index (χ1n) is 2.83. The van der Waals surface area contributed by atoms with Gasteiger partial charge in [-0.3, -0.25) is 0 Å². The molecule has 0 aliphatic rings. The number of nitrogens with zero attached hydrogens (tertiary/aromatic N) is 1. The van der Waals surface area contributed by atoms with Crippen LogP contribution in [0.2, 0.25) is 0 Å². The first kappa shape index (κ1) is 6.61. The number of hydrogen-bond acceptors (Lipinski definition) is 1. The van der Waals surface area contributed by atoms with Gasteiger partial charge in [-0.1, -0.05) is 0 Å². The van der Waals surface area contributed by atoms with Crippen LogP contribution in [0.3, 0.4) is 0 Å². The summed E-state index contributed by atoms with van der Waals surface area (Å²) in [4.78, 5) is 2.18. The zero-order chi connectivity index (χ0) is 6.53. The third-order valence-corrected chi connectivity index (χ3v) is 3.03. The van der Waals surface area contributed by atoms with Crippen LogP contribution in [-0.2, 0) is 6.42 Å². The Morgan fingerprint density at radius 2 is 2.56 bits per heavy atom. The van der Waals surface area contributed by atoms with Crippen LogP contribution in [0, 0.1) is 11.3 Å². The zero-order valence-electron chi connectivity index (χ0n) is 5.00. The first-order valence-corrected chi connectivity index (χ1v) is 4.67. The van der Waals surface area contributed by atoms with Gasteiger partial charge in [-0.2, -0.15) is 0 Å². The van der Waals surface area contributed by atoms with Crippen molar-refractivity contribution in [2.45, 2.75) is 12.8 Å². The summed E-state index contributed by atoms with van der Waals surface area (Å²) in [5.41, 5.74) is 0. The number of rotatable bonds is 2. The maximum atomic E-state index is 8.24. The van der Waals surface area contributed by atoms with Gasteiger partial charge in [0.2, 0.25) is 0 Å². The molecule has 2 heteroatoms. The third kappa shape index (κ3) is 2.05. The van der Waals surface area contributed by atoms with E-state index in [4.69, 9.17) is 5.26 Å². The Bertz CT molecular complexity index is 195. The molecule has 1 aromatic heterocycles. The topological polar surface area (TPSA) is 23.8 Å². The fourth-order valence-electron chi connectivity index (χ4n) is 0.634. The van der Waals surface area contributed by atoms with E-state index in [-0.39, 0.29) is 0 Å². The second-order valence-corrected chi connectivity index (χ2v) is 3.90. The van der Waals surface area contributed by atoms with E-state index in [1.165, 1.54) is 4.44 Å². The molecule has 1 nitrogen and oxygen atoms in total. The molecule has 0 aromatic carbocycles. The van der Waals surface area contributed by atoms with E-state index < -0.39 is 0 Å². The van der Waals surface area contributed by atoms with E-state index in [1.807, 2.05) is 0 Å². The molecular formula is C7H7NSe. The molecule has 0 unspecified atom stereocenters. The van der Waals surface area contributed by atoms with Crippen molar-refractivity contribution in [2.24, 2.45) is 0 Å². The molecule has 0 aliphatic carbocycles. The fraction of sp³-hybridized carbons (Fsp3) is 0.286. The van der Waals surface area contributed by atoms with Crippen LogP contribution in [0.25, 0.3) is 0 Å². The van der Waals surface area contributed by atoms with Crippen LogP contribution in [-0.4, -0.2) is 14.5 Å². The molecule has 0 fully saturated rings. The van der Waals surface area contributed by atoms with E-state index >= 15 is 0 Å². The van der Waals surface area contributed by atoms with Crippen LogP contribution in [0.4, 0.5) is 0 Å². The summed E-state index contributed by atoms with van der Waals surface area (Å²) in [5, 5.41) is 8.24. The molecule has 0 aliphatic heterocycles. The summed E-state index contributed by atoms with van der Waals surface area (Å²) in [6, 6.07) is 6.33. The van der Waals surface area contributed by atoms with Crippen LogP contribution in [0.15, 0.2) is 17.1 Å². The molecule has 0 saturated carbocycles. The summed E-state index contributed by atoms with van der Waals surface area (Å²) in [7, 11) is 0. The molecule has 0 amide bonds. The number of hydrogen-bond donors (Lipinski definition) is 0. The molecule has 0 N–H and O–H groups in total. The van der Waals surface area contributed by atoms with Crippen molar-refractivity contribution in [3.05, 3.63) is 21.5 Å². The predicted octanol–water partition coefficient (Wildman–Crippen LogP) is 1.20. The van der Waals surface area contributed by atoms with Crippen LogP contribution in [0.5, 0.6) is 0 Å². The van der Waals surface area contributed by atoms with E-state index in [9.17, 15) is 0 Å². The third-order valence-electron chi connectivity index (χ3n) is 1.06. The Morgan fingerprint density at radius 1 is 1.67 bits per heavy atom. The van der Waals surface area contributed by atoms with Gasteiger partial charge in [-0.05, 0) is 0 Å².